The summed E-state index contributed by atoms with van der Waals surface area (Å²) in [4.78, 5) is 47.8. The van der Waals surface area contributed by atoms with Gasteiger partial charge < -0.3 is 26.6 Å². The second-order valence-corrected chi connectivity index (χ2v) is 14.2. The first-order valence-electron chi connectivity index (χ1n) is 17.3. The van der Waals surface area contributed by atoms with Gasteiger partial charge in [0, 0.05) is 29.9 Å². The number of aromatic nitrogens is 2. The molecule has 0 bridgehead atoms. The van der Waals surface area contributed by atoms with Crippen molar-refractivity contribution in [3.05, 3.63) is 78.1 Å². The van der Waals surface area contributed by atoms with Crippen LogP contribution in [0.5, 0.6) is 0 Å². The third-order valence-electron chi connectivity index (χ3n) is 7.98. The van der Waals surface area contributed by atoms with Gasteiger partial charge in [-0.2, -0.15) is 17.7 Å². The van der Waals surface area contributed by atoms with Gasteiger partial charge in [-0.15, -0.1) is 0 Å². The summed E-state index contributed by atoms with van der Waals surface area (Å²) in [7, 11) is -3.79. The lowest BCUT2D eigenvalue weighted by molar-refractivity contribution is -0.125. The van der Waals surface area contributed by atoms with Crippen molar-refractivity contribution in [2.75, 3.05) is 38.5 Å². The zero-order valence-electron chi connectivity index (χ0n) is 29.6. The van der Waals surface area contributed by atoms with Gasteiger partial charge in [-0.3, -0.25) is 19.2 Å². The van der Waals surface area contributed by atoms with E-state index in [1.807, 2.05) is 25.1 Å². The number of nitrogens with two attached hydrogens (primary N) is 1. The summed E-state index contributed by atoms with van der Waals surface area (Å²) in [5, 5.41) is 23.5. The fourth-order valence-electron chi connectivity index (χ4n) is 5.15. The average Bonchev–Trinajstić information content (AvgIpc) is 3.53. The number of hydrogen-bond acceptors (Lipinski definition) is 9. The van der Waals surface area contributed by atoms with Gasteiger partial charge in [-0.05, 0) is 62.2 Å². The van der Waals surface area contributed by atoms with E-state index in [9.17, 15) is 27.6 Å². The molecule has 3 aromatic rings. The molecule has 2 aromatic carbocycles. The third kappa shape index (κ3) is 14.9. The highest BCUT2D eigenvalue weighted by Gasteiger charge is 2.14. The van der Waals surface area contributed by atoms with Crippen LogP contribution in [0.25, 0.3) is 16.9 Å². The van der Waals surface area contributed by atoms with Crippen molar-refractivity contribution in [2.24, 2.45) is 5.14 Å². The normalized spacial score (nSPS) is 11.1. The molecule has 14 nitrogen and oxygen atoms in total. The number of sulfonamides is 1. The Kier molecular flexibility index (Phi) is 17.4. The van der Waals surface area contributed by atoms with Crippen LogP contribution in [0.3, 0.4) is 0 Å². The van der Waals surface area contributed by atoms with Gasteiger partial charge in [0.1, 0.15) is 0 Å². The van der Waals surface area contributed by atoms with Crippen molar-refractivity contribution < 1.29 is 27.6 Å². The molecule has 0 saturated heterocycles. The molecule has 0 spiro atoms. The smallest absolute Gasteiger partial charge is 0.251 e. The van der Waals surface area contributed by atoms with E-state index in [1.54, 1.807) is 28.9 Å². The first-order chi connectivity index (χ1) is 24.9. The number of amides is 4. The zero-order chi connectivity index (χ0) is 37.9. The number of thiol groups is 1. The first kappa shape index (κ1) is 41.7. The van der Waals surface area contributed by atoms with Crippen LogP contribution >= 0.6 is 12.6 Å². The van der Waals surface area contributed by atoms with E-state index in [4.69, 9.17) is 5.14 Å². The predicted molar refractivity (Wildman–Crippen MR) is 204 cm³/mol. The van der Waals surface area contributed by atoms with Crippen molar-refractivity contribution in [1.82, 2.24) is 36.4 Å². The fourth-order valence-corrected chi connectivity index (χ4v) is 5.77. The molecule has 0 fully saturated rings. The molecule has 0 aliphatic rings. The van der Waals surface area contributed by atoms with Crippen LogP contribution in [0.2, 0.25) is 0 Å². The second kappa shape index (κ2) is 21.6. The number of hydrogen-bond donors (Lipinski definition) is 7. The average molecular weight is 755 g/mol. The largest absolute Gasteiger partial charge is 0.379 e. The Morgan fingerprint density at radius 3 is 1.87 bits per heavy atom. The quantitative estimate of drug-likeness (QED) is 0.0565. The summed E-state index contributed by atoms with van der Waals surface area (Å²) >= 11 is 3.86. The van der Waals surface area contributed by atoms with E-state index in [1.165, 1.54) is 12.1 Å². The number of carbonyl (C=O) groups is 4. The zero-order valence-corrected chi connectivity index (χ0v) is 31.3. The lowest BCUT2D eigenvalue weighted by atomic mass is 10.1. The number of nitrogens with one attached hydrogen (secondary N) is 5. The van der Waals surface area contributed by atoms with E-state index >= 15 is 0 Å². The van der Waals surface area contributed by atoms with Crippen LogP contribution in [-0.4, -0.2) is 80.3 Å². The third-order valence-corrected chi connectivity index (χ3v) is 9.20. The molecule has 0 atom stereocenters. The number of benzene rings is 2. The lowest BCUT2D eigenvalue weighted by Crippen LogP contribution is -2.41. The maximum absolute atomic E-state index is 12.7. The van der Waals surface area contributed by atoms with Crippen molar-refractivity contribution in [3.63, 3.8) is 0 Å². The fraction of sp³-hybridized carbons (Fsp3) is 0.417. The van der Waals surface area contributed by atoms with Crippen molar-refractivity contribution >= 4 is 46.3 Å². The highest BCUT2D eigenvalue weighted by atomic mass is 32.2. The molecule has 1 aromatic heterocycles. The monoisotopic (exact) mass is 754 g/mol. The van der Waals surface area contributed by atoms with Crippen LogP contribution in [0.4, 0.5) is 0 Å². The van der Waals surface area contributed by atoms with Gasteiger partial charge in [-0.25, -0.2) is 18.2 Å². The van der Waals surface area contributed by atoms with Gasteiger partial charge in [0.05, 0.1) is 47.4 Å². The highest BCUT2D eigenvalue weighted by molar-refractivity contribution is 7.89. The van der Waals surface area contributed by atoms with E-state index in [2.05, 4.69) is 50.9 Å². The number of rotatable bonds is 23. The Bertz CT molecular complexity index is 1760. The van der Waals surface area contributed by atoms with E-state index < -0.39 is 10.0 Å². The maximum atomic E-state index is 12.7. The molecule has 0 radical (unpaired) electrons. The Morgan fingerprint density at radius 1 is 0.731 bits per heavy atom. The Hall–Kier alpha value is -4.67. The molecule has 0 saturated carbocycles. The molecule has 3 rings (SSSR count). The van der Waals surface area contributed by atoms with Crippen LogP contribution in [0.15, 0.2) is 71.8 Å². The first-order valence-corrected chi connectivity index (χ1v) is 19.5. The van der Waals surface area contributed by atoms with Crippen LogP contribution in [0.1, 0.15) is 67.4 Å². The number of nitrogens with zero attached hydrogens (tertiary/aromatic N) is 2. The minimum absolute atomic E-state index is 0.0246. The van der Waals surface area contributed by atoms with E-state index in [0.29, 0.717) is 30.0 Å². The lowest BCUT2D eigenvalue weighted by Gasteiger charge is -2.11. The Balaban J connectivity index is 1.21. The number of primary sulfonamides is 1. The molecular weight excluding hydrogens is 705 g/mol. The van der Waals surface area contributed by atoms with Gasteiger partial charge in [0.25, 0.3) is 5.91 Å². The van der Waals surface area contributed by atoms with E-state index in [0.717, 1.165) is 68.3 Å². The van der Waals surface area contributed by atoms with Gasteiger partial charge >= 0.3 is 0 Å². The molecule has 0 aliphatic carbocycles. The van der Waals surface area contributed by atoms with Gasteiger partial charge in [0.15, 0.2) is 0 Å². The SMILES string of the molecule is C=C(CNC(=O)CS)NCC(=O)NCC(=O)NCCCCCCCCCCNC(=O)c1ccc(-c2cc(C)nn2-c2ccc(S(N)(=O)=O)cc2)cc1. The van der Waals surface area contributed by atoms with Crippen LogP contribution < -0.4 is 31.7 Å². The summed E-state index contributed by atoms with van der Waals surface area (Å²) in [5.41, 5.74) is 4.19. The molecule has 1 heterocycles. The van der Waals surface area contributed by atoms with Crippen molar-refractivity contribution in [3.8, 4) is 16.9 Å². The summed E-state index contributed by atoms with van der Waals surface area (Å²) in [6.07, 6.45) is 8.19. The Morgan fingerprint density at radius 2 is 1.27 bits per heavy atom. The molecule has 52 heavy (non-hydrogen) atoms. The molecule has 0 unspecified atom stereocenters. The number of unbranched alkanes of at least 4 members (excludes halogenated alkanes) is 7. The summed E-state index contributed by atoms with van der Waals surface area (Å²) < 4.78 is 25.0. The summed E-state index contributed by atoms with van der Waals surface area (Å²) in [5.74, 6) is -0.887. The topological polar surface area (TPSA) is 206 Å². The number of carbonyl (C=O) groups excluding carboxylic acids is 4. The van der Waals surface area contributed by atoms with Crippen LogP contribution in [0, 0.1) is 6.92 Å². The highest BCUT2D eigenvalue weighted by Crippen LogP contribution is 2.25. The standard InChI is InChI=1S/C36H50N8O6S2/c1-26-21-32(44(43-26)30-15-17-31(18-16-30)52(37,49)50)28-11-13-29(14-12-28)36(48)39-20-10-8-6-4-3-5-7-9-19-38-33(45)24-42-34(46)23-40-27(2)22-41-35(47)25-51/h11-18,21,40,51H,2-10,19-20,22-25H2,1H3,(H,38,45)(H,39,48)(H,41,47)(H,42,46)(H2,37,49,50). The minimum Gasteiger partial charge on any atom is -0.379 e. The van der Waals surface area contributed by atoms with E-state index in [-0.39, 0.29) is 53.9 Å². The summed E-state index contributed by atoms with van der Waals surface area (Å²) in [6.45, 7) is 6.80. The Labute approximate surface area is 311 Å². The molecule has 7 N–H and O–H groups in total. The molecular formula is C36H50N8O6S2. The second-order valence-electron chi connectivity index (χ2n) is 12.3. The molecule has 0 aliphatic heterocycles. The predicted octanol–water partition coefficient (Wildman–Crippen LogP) is 2.73. The van der Waals surface area contributed by atoms with Gasteiger partial charge in [-0.1, -0.05) is 57.2 Å². The molecule has 16 heteroatoms. The maximum Gasteiger partial charge on any atom is 0.251 e. The summed E-state index contributed by atoms with van der Waals surface area (Å²) in [6, 6.07) is 15.4. The van der Waals surface area contributed by atoms with Crippen molar-refractivity contribution in [1.29, 1.82) is 0 Å². The van der Waals surface area contributed by atoms with Crippen LogP contribution in [-0.2, 0) is 24.4 Å². The number of aryl methyl sites for hydroxylation is 1. The molecule has 282 valence electrons. The minimum atomic E-state index is -3.79. The molecule has 4 amide bonds. The van der Waals surface area contributed by atoms with Gasteiger partial charge in [0.2, 0.25) is 27.7 Å². The van der Waals surface area contributed by atoms with Crippen molar-refractivity contribution in [2.45, 2.75) is 63.2 Å².